The van der Waals surface area contributed by atoms with E-state index in [9.17, 15) is 8.78 Å². The molecule has 0 nitrogen and oxygen atoms in total. The number of rotatable bonds is 2. The summed E-state index contributed by atoms with van der Waals surface area (Å²) in [6, 6.07) is 8.33. The fourth-order valence-electron chi connectivity index (χ4n) is 3.97. The first-order valence-corrected chi connectivity index (χ1v) is 12.1. The van der Waals surface area contributed by atoms with Crippen molar-refractivity contribution in [2.45, 2.75) is 25.7 Å². The Balaban J connectivity index is 1.74. The Hall–Kier alpha value is -1.47. The fourth-order valence-corrected chi connectivity index (χ4v) is 11.8. The van der Waals surface area contributed by atoms with Crippen molar-refractivity contribution in [1.82, 2.24) is 0 Å². The molecule has 0 N–H and O–H groups in total. The van der Waals surface area contributed by atoms with Crippen molar-refractivity contribution in [3.63, 3.8) is 0 Å². The van der Waals surface area contributed by atoms with Gasteiger partial charge < -0.3 is 0 Å². The molecule has 2 aromatic carbocycles. The number of allylic oxidation sites excluding steroid dienone is 4. The van der Waals surface area contributed by atoms with Gasteiger partial charge in [0, 0.05) is 0 Å². The van der Waals surface area contributed by atoms with Gasteiger partial charge in [-0.2, -0.15) is 0 Å². The number of benzene rings is 2. The zero-order chi connectivity index (χ0) is 16.3. The molecule has 1 saturated carbocycles. The minimum atomic E-state index is -2.14. The molecular formula is C21H16F2Zr. The maximum absolute atomic E-state index is 14.4. The molecule has 3 aliphatic carbocycles. The van der Waals surface area contributed by atoms with E-state index < -0.39 is 21.3 Å². The zero-order valence-electron chi connectivity index (χ0n) is 13.2. The maximum atomic E-state index is 14.4. The van der Waals surface area contributed by atoms with Gasteiger partial charge in [0.25, 0.3) is 0 Å². The van der Waals surface area contributed by atoms with Gasteiger partial charge in [0.15, 0.2) is 0 Å². The molecule has 0 aliphatic heterocycles. The van der Waals surface area contributed by atoms with Crippen molar-refractivity contribution < 1.29 is 30.0 Å². The van der Waals surface area contributed by atoms with Crippen LogP contribution in [0.4, 0.5) is 8.78 Å². The Morgan fingerprint density at radius 1 is 0.917 bits per heavy atom. The molecule has 0 unspecified atom stereocenters. The molecule has 0 saturated heterocycles. The van der Waals surface area contributed by atoms with Crippen LogP contribution in [-0.2, 0) is 27.7 Å². The van der Waals surface area contributed by atoms with E-state index in [0.717, 1.165) is 29.5 Å². The molecule has 0 radical (unpaired) electrons. The van der Waals surface area contributed by atoms with Gasteiger partial charge in [-0.15, -0.1) is 0 Å². The third-order valence-corrected chi connectivity index (χ3v) is 13.0. The molecule has 1 fully saturated rings. The third kappa shape index (κ3) is 2.37. The van der Waals surface area contributed by atoms with Crippen LogP contribution in [0.15, 0.2) is 51.8 Å². The molecular weight excluding hydrogens is 381 g/mol. The summed E-state index contributed by atoms with van der Waals surface area (Å²) in [6.07, 6.45) is 10.9. The summed E-state index contributed by atoms with van der Waals surface area (Å²) < 4.78 is 32.7. The molecule has 118 valence electrons. The predicted molar refractivity (Wildman–Crippen MR) is 90.3 cm³/mol. The van der Waals surface area contributed by atoms with Gasteiger partial charge in [-0.3, -0.25) is 0 Å². The van der Waals surface area contributed by atoms with Crippen LogP contribution in [0.25, 0.3) is 11.1 Å². The van der Waals surface area contributed by atoms with E-state index in [-0.39, 0.29) is 11.6 Å². The molecule has 0 atom stereocenters. The predicted octanol–water partition coefficient (Wildman–Crippen LogP) is 4.59. The van der Waals surface area contributed by atoms with E-state index in [0.29, 0.717) is 0 Å². The molecule has 0 spiro atoms. The van der Waals surface area contributed by atoms with E-state index in [4.69, 9.17) is 0 Å². The van der Waals surface area contributed by atoms with E-state index >= 15 is 0 Å². The van der Waals surface area contributed by atoms with Crippen LogP contribution >= 0.6 is 0 Å². The fraction of sp³-hybridized carbons (Fsp3) is 0.190. The van der Waals surface area contributed by atoms with Crippen LogP contribution in [0.3, 0.4) is 0 Å². The second-order valence-corrected chi connectivity index (χ2v) is 13.2. The first-order chi connectivity index (χ1) is 11.7. The van der Waals surface area contributed by atoms with Gasteiger partial charge >= 0.3 is 148 Å². The molecule has 0 amide bonds. The van der Waals surface area contributed by atoms with Crippen LogP contribution in [0.1, 0.15) is 30.4 Å². The average molecular weight is 398 g/mol. The van der Waals surface area contributed by atoms with Crippen LogP contribution in [0, 0.1) is 11.6 Å². The second kappa shape index (κ2) is 5.53. The molecule has 5 rings (SSSR count). The van der Waals surface area contributed by atoms with Gasteiger partial charge in [-0.1, -0.05) is 0 Å². The molecule has 24 heavy (non-hydrogen) atoms. The van der Waals surface area contributed by atoms with Crippen LogP contribution in [-0.4, -0.2) is 3.21 Å². The molecule has 2 aromatic rings. The van der Waals surface area contributed by atoms with Crippen molar-refractivity contribution in [2.75, 3.05) is 0 Å². The Bertz CT molecular complexity index is 974. The second-order valence-electron chi connectivity index (χ2n) is 6.76. The van der Waals surface area contributed by atoms with E-state index in [1.54, 1.807) is 24.7 Å². The summed E-state index contributed by atoms with van der Waals surface area (Å²) in [5.74, 6) is -0.419. The summed E-state index contributed by atoms with van der Waals surface area (Å²) >= 11 is -2.14. The van der Waals surface area contributed by atoms with Crippen molar-refractivity contribution >= 4 is 6.48 Å². The summed E-state index contributed by atoms with van der Waals surface area (Å²) in [5.41, 5.74) is 4.19. The van der Waals surface area contributed by atoms with Gasteiger partial charge in [-0.25, -0.2) is 0 Å². The molecule has 0 aromatic heterocycles. The number of fused-ring (bicyclic) bond motifs is 3. The number of hydrogen-bond acceptors (Lipinski definition) is 0. The van der Waals surface area contributed by atoms with E-state index in [1.807, 2.05) is 6.07 Å². The summed E-state index contributed by atoms with van der Waals surface area (Å²) in [6.45, 7) is 0. The standard InChI is InChI=1S/C13H7F2.C5H5.C3H4.Zr/c14-10-3-1-8-5-9-2-4-11(15)7-13(9)12(8)6-10;1-2-4-5-3-1;1-2-3-1;/h1,3-4,6-7H,5H2;1-3H,4H2;1-2H2;. The molecule has 3 heteroatoms. The quantitative estimate of drug-likeness (QED) is 0.593. The Kier molecular flexibility index (Phi) is 3.42. The van der Waals surface area contributed by atoms with Gasteiger partial charge in [-0.05, 0) is 0 Å². The molecule has 0 heterocycles. The Morgan fingerprint density at radius 3 is 2.50 bits per heavy atom. The summed E-state index contributed by atoms with van der Waals surface area (Å²) in [7, 11) is 0. The normalized spacial score (nSPS) is 16.9. The van der Waals surface area contributed by atoms with E-state index in [1.165, 1.54) is 27.7 Å². The SMILES string of the molecule is Fc1ccc2c(c1)-c1cc(F)c[c]([Zr]([C]3=CC=CC3)=[C]3CC3)c1C2. The molecule has 3 aliphatic rings. The average Bonchev–Trinajstić information content (AvgIpc) is 3.11. The van der Waals surface area contributed by atoms with Crippen LogP contribution in [0.2, 0.25) is 0 Å². The molecule has 0 bridgehead atoms. The van der Waals surface area contributed by atoms with Gasteiger partial charge in [0.2, 0.25) is 0 Å². The van der Waals surface area contributed by atoms with Crippen molar-refractivity contribution in [3.8, 4) is 11.1 Å². The van der Waals surface area contributed by atoms with Crippen LogP contribution in [0.5, 0.6) is 0 Å². The first-order valence-electron chi connectivity index (χ1n) is 8.40. The Morgan fingerprint density at radius 2 is 1.75 bits per heavy atom. The van der Waals surface area contributed by atoms with Crippen LogP contribution < -0.4 is 3.27 Å². The monoisotopic (exact) mass is 396 g/mol. The Labute approximate surface area is 147 Å². The minimum absolute atomic E-state index is 0.174. The summed E-state index contributed by atoms with van der Waals surface area (Å²) in [5, 5.41) is 0. The third-order valence-electron chi connectivity index (χ3n) is 5.16. The van der Waals surface area contributed by atoms with Gasteiger partial charge in [0.05, 0.1) is 0 Å². The zero-order valence-corrected chi connectivity index (χ0v) is 15.7. The number of hydrogen-bond donors (Lipinski definition) is 0. The van der Waals surface area contributed by atoms with E-state index in [2.05, 4.69) is 18.2 Å². The summed E-state index contributed by atoms with van der Waals surface area (Å²) in [4.78, 5) is 0. The first kappa shape index (κ1) is 14.8. The van der Waals surface area contributed by atoms with Gasteiger partial charge in [0.1, 0.15) is 0 Å². The topological polar surface area (TPSA) is 0 Å². The van der Waals surface area contributed by atoms with Crippen molar-refractivity contribution in [1.29, 1.82) is 0 Å². The van der Waals surface area contributed by atoms with Crippen molar-refractivity contribution in [2.24, 2.45) is 0 Å². The van der Waals surface area contributed by atoms with Crippen molar-refractivity contribution in [3.05, 3.63) is 74.6 Å². The number of halogens is 2.